The molecule has 0 saturated heterocycles. The predicted molar refractivity (Wildman–Crippen MR) is 67.8 cm³/mol. The highest BCUT2D eigenvalue weighted by Crippen LogP contribution is 1.84. The minimum absolute atomic E-state index is 0.0624. The highest BCUT2D eigenvalue weighted by atomic mass is 16.2. The van der Waals surface area contributed by atoms with Crippen LogP contribution in [0.1, 0.15) is 23.7 Å². The van der Waals surface area contributed by atoms with Gasteiger partial charge in [0.15, 0.2) is 0 Å². The van der Waals surface area contributed by atoms with E-state index in [0.717, 1.165) is 23.7 Å². The Balaban J connectivity index is 2.60. The summed E-state index contributed by atoms with van der Waals surface area (Å²) in [6.07, 6.45) is 2.16. The number of amides is 1. The lowest BCUT2D eigenvalue weighted by Gasteiger charge is -2.06. The quantitative estimate of drug-likeness (QED) is 0.556. The molecule has 0 fully saturated rings. The van der Waals surface area contributed by atoms with E-state index >= 15 is 0 Å². The zero-order valence-electron chi connectivity index (χ0n) is 10.6. The molecule has 7 nitrogen and oxygen atoms in total. The highest BCUT2D eigenvalue weighted by molar-refractivity contribution is 5.93. The molecule has 0 aliphatic rings. The smallest absolute Gasteiger partial charge is 0.328 e. The first-order valence-electron chi connectivity index (χ1n) is 5.85. The van der Waals surface area contributed by atoms with Crippen LogP contribution in [0, 0.1) is 0 Å². The first kappa shape index (κ1) is 14.2. The van der Waals surface area contributed by atoms with Crippen LogP contribution in [0.2, 0.25) is 0 Å². The van der Waals surface area contributed by atoms with E-state index in [1.165, 1.54) is 7.05 Å². The molecule has 1 heterocycles. The number of carbonyl (C=O) groups excluding carboxylic acids is 1. The van der Waals surface area contributed by atoms with E-state index in [4.69, 9.17) is 0 Å². The number of nitrogens with one attached hydrogen (secondary N) is 3. The van der Waals surface area contributed by atoms with Gasteiger partial charge in [0, 0.05) is 26.3 Å². The average Bonchev–Trinajstić information content (AvgIpc) is 2.35. The number of H-pyrrole nitrogens is 1. The molecule has 7 heteroatoms. The van der Waals surface area contributed by atoms with Gasteiger partial charge in [-0.2, -0.15) is 0 Å². The fourth-order valence-corrected chi connectivity index (χ4v) is 1.39. The molecule has 0 spiro atoms. The van der Waals surface area contributed by atoms with Crippen molar-refractivity contribution >= 4 is 5.91 Å². The molecule has 0 aromatic carbocycles. The Bertz CT molecular complexity index is 518. The molecular weight excluding hydrogens is 236 g/mol. The maximum atomic E-state index is 11.7. The topological polar surface area (TPSA) is 96.0 Å². The molecule has 0 unspecified atom stereocenters. The summed E-state index contributed by atoms with van der Waals surface area (Å²) in [5, 5.41) is 5.73. The second-order valence-electron chi connectivity index (χ2n) is 3.88. The fraction of sp³-hybridized carbons (Fsp3) is 0.545. The van der Waals surface area contributed by atoms with Crippen LogP contribution in [0.4, 0.5) is 0 Å². The predicted octanol–water partition coefficient (Wildman–Crippen LogP) is -1.20. The molecule has 18 heavy (non-hydrogen) atoms. The molecule has 0 aliphatic carbocycles. The van der Waals surface area contributed by atoms with Crippen molar-refractivity contribution in [1.82, 2.24) is 20.2 Å². The number of rotatable bonds is 6. The van der Waals surface area contributed by atoms with E-state index in [2.05, 4.69) is 22.5 Å². The summed E-state index contributed by atoms with van der Waals surface area (Å²) < 4.78 is 0.865. The van der Waals surface area contributed by atoms with Crippen molar-refractivity contribution in [2.24, 2.45) is 7.05 Å². The van der Waals surface area contributed by atoms with Crippen molar-refractivity contribution in [3.05, 3.63) is 32.6 Å². The lowest BCUT2D eigenvalue weighted by Crippen LogP contribution is -2.40. The van der Waals surface area contributed by atoms with Crippen LogP contribution >= 0.6 is 0 Å². The van der Waals surface area contributed by atoms with Crippen LogP contribution in [0.3, 0.4) is 0 Å². The number of hydrogen-bond acceptors (Lipinski definition) is 4. The van der Waals surface area contributed by atoms with Gasteiger partial charge in [-0.15, -0.1) is 0 Å². The van der Waals surface area contributed by atoms with Crippen LogP contribution in [0.5, 0.6) is 0 Å². The SMILES string of the molecule is CCCNCCNC(=O)c1c[nH]c(=O)n(C)c1=O. The van der Waals surface area contributed by atoms with Gasteiger partial charge in [0.2, 0.25) is 0 Å². The number of hydrogen-bond donors (Lipinski definition) is 3. The minimum Gasteiger partial charge on any atom is -0.351 e. The standard InChI is InChI=1S/C11H18N4O3/c1-3-4-12-5-6-13-9(16)8-7-14-11(18)15(2)10(8)17/h7,12H,3-6H2,1-2H3,(H,13,16)(H,14,18). The largest absolute Gasteiger partial charge is 0.351 e. The first-order valence-corrected chi connectivity index (χ1v) is 5.85. The fourth-order valence-electron chi connectivity index (χ4n) is 1.39. The molecule has 0 atom stereocenters. The summed E-state index contributed by atoms with van der Waals surface area (Å²) in [6, 6.07) is 0. The maximum Gasteiger partial charge on any atom is 0.328 e. The van der Waals surface area contributed by atoms with Crippen molar-refractivity contribution in [2.45, 2.75) is 13.3 Å². The second kappa shape index (κ2) is 6.75. The Hall–Kier alpha value is -1.89. The van der Waals surface area contributed by atoms with E-state index in [0.29, 0.717) is 13.1 Å². The van der Waals surface area contributed by atoms with Gasteiger partial charge in [-0.1, -0.05) is 6.92 Å². The van der Waals surface area contributed by atoms with Crippen molar-refractivity contribution in [2.75, 3.05) is 19.6 Å². The van der Waals surface area contributed by atoms with Crippen LogP contribution in [0.15, 0.2) is 15.8 Å². The van der Waals surface area contributed by atoms with E-state index in [9.17, 15) is 14.4 Å². The van der Waals surface area contributed by atoms with Gasteiger partial charge in [0.1, 0.15) is 5.56 Å². The third-order valence-corrected chi connectivity index (χ3v) is 2.44. The van der Waals surface area contributed by atoms with Crippen LogP contribution in [-0.4, -0.2) is 35.1 Å². The molecule has 0 bridgehead atoms. The third-order valence-electron chi connectivity index (χ3n) is 2.44. The zero-order valence-corrected chi connectivity index (χ0v) is 10.6. The summed E-state index contributed by atoms with van der Waals surface area (Å²) in [7, 11) is 1.32. The molecular formula is C11H18N4O3. The maximum absolute atomic E-state index is 11.7. The average molecular weight is 254 g/mol. The highest BCUT2D eigenvalue weighted by Gasteiger charge is 2.11. The van der Waals surface area contributed by atoms with Gasteiger partial charge in [-0.25, -0.2) is 4.79 Å². The van der Waals surface area contributed by atoms with Gasteiger partial charge in [0.05, 0.1) is 0 Å². The van der Waals surface area contributed by atoms with Gasteiger partial charge >= 0.3 is 5.69 Å². The molecule has 1 aromatic rings. The molecule has 0 aliphatic heterocycles. The number of nitrogens with zero attached hydrogens (tertiary/aromatic N) is 1. The summed E-state index contributed by atoms with van der Waals surface area (Å²) in [6.45, 7) is 4.01. The Morgan fingerprint density at radius 2 is 2.06 bits per heavy atom. The third kappa shape index (κ3) is 3.56. The minimum atomic E-state index is -0.599. The first-order chi connectivity index (χ1) is 8.57. The summed E-state index contributed by atoms with van der Waals surface area (Å²) in [5.74, 6) is -0.481. The Kier molecular flexibility index (Phi) is 5.31. The van der Waals surface area contributed by atoms with Crippen LogP contribution in [-0.2, 0) is 7.05 Å². The normalized spacial score (nSPS) is 10.3. The Morgan fingerprint density at radius 1 is 1.33 bits per heavy atom. The van der Waals surface area contributed by atoms with Gasteiger partial charge in [-0.05, 0) is 13.0 Å². The van der Waals surface area contributed by atoms with Crippen molar-refractivity contribution in [3.63, 3.8) is 0 Å². The number of aromatic nitrogens is 2. The molecule has 0 saturated carbocycles. The van der Waals surface area contributed by atoms with Gasteiger partial charge in [0.25, 0.3) is 11.5 Å². The van der Waals surface area contributed by atoms with Gasteiger partial charge in [-0.3, -0.25) is 14.2 Å². The van der Waals surface area contributed by atoms with Crippen molar-refractivity contribution < 1.29 is 4.79 Å². The zero-order chi connectivity index (χ0) is 13.5. The summed E-state index contributed by atoms with van der Waals surface area (Å²) in [5.41, 5.74) is -1.20. The number of carbonyl (C=O) groups is 1. The van der Waals surface area contributed by atoms with E-state index < -0.39 is 17.2 Å². The van der Waals surface area contributed by atoms with Crippen LogP contribution < -0.4 is 21.9 Å². The van der Waals surface area contributed by atoms with Gasteiger partial charge < -0.3 is 15.6 Å². The lowest BCUT2D eigenvalue weighted by atomic mass is 10.3. The number of aromatic amines is 1. The Morgan fingerprint density at radius 3 is 2.72 bits per heavy atom. The molecule has 0 radical (unpaired) electrons. The van der Waals surface area contributed by atoms with Crippen LogP contribution in [0.25, 0.3) is 0 Å². The molecule has 1 rings (SSSR count). The monoisotopic (exact) mass is 254 g/mol. The molecule has 1 aromatic heterocycles. The lowest BCUT2D eigenvalue weighted by molar-refractivity contribution is 0.0951. The van der Waals surface area contributed by atoms with Crippen molar-refractivity contribution in [3.8, 4) is 0 Å². The van der Waals surface area contributed by atoms with Crippen molar-refractivity contribution in [1.29, 1.82) is 0 Å². The second-order valence-corrected chi connectivity index (χ2v) is 3.88. The summed E-state index contributed by atoms with van der Waals surface area (Å²) in [4.78, 5) is 36.8. The van der Waals surface area contributed by atoms with E-state index in [-0.39, 0.29) is 5.56 Å². The molecule has 1 amide bonds. The molecule has 3 N–H and O–H groups in total. The Labute approximate surface area is 104 Å². The van der Waals surface area contributed by atoms with E-state index in [1.54, 1.807) is 0 Å². The van der Waals surface area contributed by atoms with E-state index in [1.807, 2.05) is 0 Å². The molecule has 100 valence electrons. The summed E-state index contributed by atoms with van der Waals surface area (Å²) >= 11 is 0.